The van der Waals surface area contributed by atoms with Crippen molar-refractivity contribution in [2.45, 2.75) is 32.2 Å². The summed E-state index contributed by atoms with van der Waals surface area (Å²) in [5, 5.41) is 5.16. The smallest absolute Gasteiger partial charge is 0.0454 e. The fraction of sp³-hybridized carbons (Fsp3) is 0.538. The summed E-state index contributed by atoms with van der Waals surface area (Å²) in [6.45, 7) is 3.21. The second-order valence-electron chi connectivity index (χ2n) is 4.44. The highest BCUT2D eigenvalue weighted by atomic mass is 35.5. The molecule has 1 aromatic carbocycles. The van der Waals surface area contributed by atoms with Gasteiger partial charge in [0.05, 0.1) is 0 Å². The third kappa shape index (κ3) is 2.91. The molecule has 1 aliphatic rings. The average molecular weight is 258 g/mol. The van der Waals surface area contributed by atoms with Crippen LogP contribution in [0.1, 0.15) is 37.8 Å². The van der Waals surface area contributed by atoms with Gasteiger partial charge >= 0.3 is 0 Å². The molecule has 1 unspecified atom stereocenters. The van der Waals surface area contributed by atoms with Gasteiger partial charge in [-0.3, -0.25) is 0 Å². The van der Waals surface area contributed by atoms with Crippen molar-refractivity contribution in [3.05, 3.63) is 33.8 Å². The number of hydrogen-bond donors (Lipinski definition) is 1. The van der Waals surface area contributed by atoms with Crippen molar-refractivity contribution in [1.29, 1.82) is 0 Å². The minimum atomic E-state index is 0.381. The quantitative estimate of drug-likeness (QED) is 0.823. The highest BCUT2D eigenvalue weighted by molar-refractivity contribution is 6.33. The van der Waals surface area contributed by atoms with Crippen molar-refractivity contribution >= 4 is 23.2 Å². The lowest BCUT2D eigenvalue weighted by atomic mass is 10.0. The van der Waals surface area contributed by atoms with E-state index >= 15 is 0 Å². The molecule has 1 aliphatic carbocycles. The zero-order chi connectivity index (χ0) is 11.5. The lowest BCUT2D eigenvalue weighted by Gasteiger charge is -2.20. The molecular formula is C13H17Cl2N. The van der Waals surface area contributed by atoms with Crippen LogP contribution in [0.2, 0.25) is 10.0 Å². The molecule has 0 heterocycles. The summed E-state index contributed by atoms with van der Waals surface area (Å²) in [5.74, 6) is 0.738. The van der Waals surface area contributed by atoms with E-state index in [1.165, 1.54) is 12.8 Å². The molecule has 0 spiro atoms. The molecule has 88 valence electrons. The van der Waals surface area contributed by atoms with Gasteiger partial charge in [0.2, 0.25) is 0 Å². The van der Waals surface area contributed by atoms with Crippen molar-refractivity contribution < 1.29 is 0 Å². The maximum absolute atomic E-state index is 6.24. The van der Waals surface area contributed by atoms with Gasteiger partial charge in [0.1, 0.15) is 0 Å². The van der Waals surface area contributed by atoms with Crippen molar-refractivity contribution in [2.75, 3.05) is 6.54 Å². The minimum Gasteiger partial charge on any atom is -0.310 e. The van der Waals surface area contributed by atoms with Crippen molar-refractivity contribution in [2.24, 2.45) is 5.92 Å². The monoisotopic (exact) mass is 257 g/mol. The van der Waals surface area contributed by atoms with Crippen LogP contribution in [-0.4, -0.2) is 6.54 Å². The molecule has 1 fully saturated rings. The fourth-order valence-corrected chi connectivity index (χ4v) is 2.43. The number of hydrogen-bond acceptors (Lipinski definition) is 1. The molecule has 0 saturated heterocycles. The van der Waals surface area contributed by atoms with E-state index in [0.29, 0.717) is 6.04 Å². The van der Waals surface area contributed by atoms with Gasteiger partial charge in [-0.1, -0.05) is 30.1 Å². The molecule has 16 heavy (non-hydrogen) atoms. The molecule has 2 rings (SSSR count). The Bertz CT molecular complexity index is 361. The summed E-state index contributed by atoms with van der Waals surface area (Å²) in [5.41, 5.74) is 1.16. The molecule has 0 aliphatic heterocycles. The minimum absolute atomic E-state index is 0.381. The normalized spacial score (nSPS) is 17.4. The summed E-state index contributed by atoms with van der Waals surface area (Å²) in [4.78, 5) is 0. The Hall–Kier alpha value is -0.240. The highest BCUT2D eigenvalue weighted by Gasteiger charge is 2.32. The molecule has 3 heteroatoms. The van der Waals surface area contributed by atoms with E-state index in [-0.39, 0.29) is 0 Å². The van der Waals surface area contributed by atoms with Crippen LogP contribution >= 0.6 is 23.2 Å². The molecule has 0 amide bonds. The van der Waals surface area contributed by atoms with Crippen LogP contribution in [0.25, 0.3) is 0 Å². The van der Waals surface area contributed by atoms with Gasteiger partial charge < -0.3 is 5.32 Å². The maximum Gasteiger partial charge on any atom is 0.0454 e. The topological polar surface area (TPSA) is 12.0 Å². The van der Waals surface area contributed by atoms with E-state index < -0.39 is 0 Å². The van der Waals surface area contributed by atoms with Crippen LogP contribution in [-0.2, 0) is 0 Å². The Labute approximate surface area is 107 Å². The molecule has 1 aromatic rings. The SMILES string of the molecule is CCCNC(c1cc(Cl)ccc1Cl)C1CC1. The Morgan fingerprint density at radius 3 is 2.75 bits per heavy atom. The molecule has 0 bridgehead atoms. The van der Waals surface area contributed by atoms with Crippen molar-refractivity contribution in [1.82, 2.24) is 5.32 Å². The fourth-order valence-electron chi connectivity index (χ4n) is 2.01. The van der Waals surface area contributed by atoms with Gasteiger partial charge in [0.15, 0.2) is 0 Å². The second-order valence-corrected chi connectivity index (χ2v) is 5.28. The molecule has 1 atom stereocenters. The second kappa shape index (κ2) is 5.39. The van der Waals surface area contributed by atoms with E-state index in [1.54, 1.807) is 0 Å². The standard InChI is InChI=1S/C13H17Cl2N/c1-2-7-16-13(9-3-4-9)11-8-10(14)5-6-12(11)15/h5-6,8-9,13,16H,2-4,7H2,1H3. The van der Waals surface area contributed by atoms with Gasteiger partial charge in [0.25, 0.3) is 0 Å². The van der Waals surface area contributed by atoms with Crippen LogP contribution in [0.15, 0.2) is 18.2 Å². The van der Waals surface area contributed by atoms with Crippen LogP contribution in [0.3, 0.4) is 0 Å². The number of benzene rings is 1. The zero-order valence-electron chi connectivity index (χ0n) is 9.47. The Balaban J connectivity index is 2.19. The molecule has 1 saturated carbocycles. The van der Waals surface area contributed by atoms with Gasteiger partial charge in [-0.05, 0) is 55.5 Å². The number of halogens is 2. The van der Waals surface area contributed by atoms with E-state index in [1.807, 2.05) is 18.2 Å². The summed E-state index contributed by atoms with van der Waals surface area (Å²) < 4.78 is 0. The first-order valence-electron chi connectivity index (χ1n) is 5.90. The van der Waals surface area contributed by atoms with Gasteiger partial charge in [0, 0.05) is 16.1 Å². The Morgan fingerprint density at radius 2 is 2.12 bits per heavy atom. The highest BCUT2D eigenvalue weighted by Crippen LogP contribution is 2.43. The third-order valence-corrected chi connectivity index (χ3v) is 3.58. The van der Waals surface area contributed by atoms with E-state index in [2.05, 4.69) is 12.2 Å². The van der Waals surface area contributed by atoms with E-state index in [4.69, 9.17) is 23.2 Å². The summed E-state index contributed by atoms with van der Waals surface area (Å²) in [6, 6.07) is 6.11. The summed E-state index contributed by atoms with van der Waals surface area (Å²) in [6.07, 6.45) is 3.73. The van der Waals surface area contributed by atoms with Gasteiger partial charge in [-0.2, -0.15) is 0 Å². The summed E-state index contributed by atoms with van der Waals surface area (Å²) in [7, 11) is 0. The predicted octanol–water partition coefficient (Wildman–Crippen LogP) is 4.44. The molecule has 0 radical (unpaired) electrons. The van der Waals surface area contributed by atoms with E-state index in [9.17, 15) is 0 Å². The van der Waals surface area contributed by atoms with Gasteiger partial charge in [-0.25, -0.2) is 0 Å². The Morgan fingerprint density at radius 1 is 1.38 bits per heavy atom. The first-order valence-corrected chi connectivity index (χ1v) is 6.66. The zero-order valence-corrected chi connectivity index (χ0v) is 11.0. The first-order chi connectivity index (χ1) is 7.72. The molecule has 1 N–H and O–H groups in total. The first kappa shape index (κ1) is 12.2. The van der Waals surface area contributed by atoms with Crippen molar-refractivity contribution in [3.63, 3.8) is 0 Å². The molecular weight excluding hydrogens is 241 g/mol. The third-order valence-electron chi connectivity index (χ3n) is 3.00. The maximum atomic E-state index is 6.24. The lowest BCUT2D eigenvalue weighted by molar-refractivity contribution is 0.481. The largest absolute Gasteiger partial charge is 0.310 e. The number of nitrogens with one attached hydrogen (secondary N) is 1. The van der Waals surface area contributed by atoms with Crippen LogP contribution in [0.5, 0.6) is 0 Å². The Kier molecular flexibility index (Phi) is 4.12. The van der Waals surface area contributed by atoms with Crippen molar-refractivity contribution in [3.8, 4) is 0 Å². The molecule has 1 nitrogen and oxygen atoms in total. The average Bonchev–Trinajstić information content (AvgIpc) is 3.08. The molecule has 0 aromatic heterocycles. The van der Waals surface area contributed by atoms with Gasteiger partial charge in [-0.15, -0.1) is 0 Å². The predicted molar refractivity (Wildman–Crippen MR) is 70.2 cm³/mol. The summed E-state index contributed by atoms with van der Waals surface area (Å²) >= 11 is 12.3. The van der Waals surface area contributed by atoms with Crippen LogP contribution in [0, 0.1) is 5.92 Å². The van der Waals surface area contributed by atoms with Crippen LogP contribution in [0.4, 0.5) is 0 Å². The number of rotatable bonds is 5. The lowest BCUT2D eigenvalue weighted by Crippen LogP contribution is -2.24. The van der Waals surface area contributed by atoms with Crippen LogP contribution < -0.4 is 5.32 Å². The van der Waals surface area contributed by atoms with E-state index in [0.717, 1.165) is 34.5 Å².